The predicted molar refractivity (Wildman–Crippen MR) is 89.0 cm³/mol. The summed E-state index contributed by atoms with van der Waals surface area (Å²) in [6.45, 7) is 2.99. The Hall–Kier alpha value is -0.0300. The molecular formula is C16H33NO2S. The van der Waals surface area contributed by atoms with Crippen molar-refractivity contribution in [2.45, 2.75) is 84.0 Å². The van der Waals surface area contributed by atoms with Gasteiger partial charge in [0.25, 0.3) is 0 Å². The van der Waals surface area contributed by atoms with Gasteiger partial charge in [0.1, 0.15) is 0 Å². The maximum Gasteiger partial charge on any atom is 0.178 e. The van der Waals surface area contributed by atoms with Gasteiger partial charge in [-0.3, -0.25) is 4.18 Å². The van der Waals surface area contributed by atoms with E-state index in [9.17, 15) is 0 Å². The Bertz CT molecular complexity index is 201. The fourth-order valence-electron chi connectivity index (χ4n) is 2.12. The van der Waals surface area contributed by atoms with Crippen molar-refractivity contribution in [3.8, 4) is 0 Å². The van der Waals surface area contributed by atoms with Crippen LogP contribution in [0.15, 0.2) is 12.2 Å². The average Bonchev–Trinajstić information content (AvgIpc) is 2.47. The molecule has 0 fully saturated rings. The normalized spacial score (nSPS) is 11.5. The molecule has 0 rings (SSSR count). The van der Waals surface area contributed by atoms with Gasteiger partial charge in [0.05, 0.1) is 6.61 Å². The number of hydrogen-bond donors (Lipinski definition) is 1. The highest BCUT2D eigenvalue weighted by Crippen LogP contribution is 2.10. The summed E-state index contributed by atoms with van der Waals surface area (Å²) in [6, 6.07) is 0. The predicted octanol–water partition coefficient (Wildman–Crippen LogP) is 5.71. The molecule has 0 atom stereocenters. The molecule has 0 aliphatic carbocycles. The largest absolute Gasteiger partial charge is 0.290 e. The third-order valence-corrected chi connectivity index (χ3v) is 3.67. The Morgan fingerprint density at radius 1 is 0.800 bits per heavy atom. The van der Waals surface area contributed by atoms with E-state index in [0.717, 1.165) is 25.4 Å². The van der Waals surface area contributed by atoms with Crippen LogP contribution < -0.4 is 5.90 Å². The number of nitrogens with two attached hydrogens (primary N) is 1. The summed E-state index contributed by atoms with van der Waals surface area (Å²) in [7, 11) is 0. The Labute approximate surface area is 130 Å². The maximum absolute atomic E-state index is 5.05. The summed E-state index contributed by atoms with van der Waals surface area (Å²) in [6.07, 6.45) is 20.4. The van der Waals surface area contributed by atoms with Crippen molar-refractivity contribution in [1.82, 2.24) is 0 Å². The first-order valence-electron chi connectivity index (χ1n) is 8.21. The molecule has 0 amide bonds. The van der Waals surface area contributed by atoms with Crippen molar-refractivity contribution in [3.05, 3.63) is 12.2 Å². The first-order valence-corrected chi connectivity index (χ1v) is 8.88. The zero-order valence-corrected chi connectivity index (χ0v) is 14.0. The standard InChI is InChI=1S/C16H33NO2S/c1-2-3-4-5-6-7-8-9-10-11-12-13-14-15-16-18-20-19-17/h7-8H,2-6,9-17H2,1H3/b8-7+. The van der Waals surface area contributed by atoms with Gasteiger partial charge in [-0.2, -0.15) is 5.90 Å². The molecule has 0 radical (unpaired) electrons. The van der Waals surface area contributed by atoms with Crippen LogP contribution in [0.4, 0.5) is 0 Å². The highest BCUT2D eigenvalue weighted by Gasteiger charge is 1.92. The molecular weight excluding hydrogens is 270 g/mol. The topological polar surface area (TPSA) is 44.5 Å². The highest BCUT2D eigenvalue weighted by molar-refractivity contribution is 7.89. The monoisotopic (exact) mass is 303 g/mol. The van der Waals surface area contributed by atoms with Gasteiger partial charge in [0.15, 0.2) is 12.3 Å². The zero-order valence-electron chi connectivity index (χ0n) is 13.1. The van der Waals surface area contributed by atoms with Gasteiger partial charge in [-0.05, 0) is 32.1 Å². The van der Waals surface area contributed by atoms with Gasteiger partial charge in [-0.1, -0.05) is 64.0 Å². The van der Waals surface area contributed by atoms with Crippen LogP contribution in [0.5, 0.6) is 0 Å². The van der Waals surface area contributed by atoms with Crippen LogP contribution in [0.3, 0.4) is 0 Å². The summed E-state index contributed by atoms with van der Waals surface area (Å²) < 4.78 is 9.30. The summed E-state index contributed by atoms with van der Waals surface area (Å²) in [5.74, 6) is 4.82. The van der Waals surface area contributed by atoms with E-state index in [4.69, 9.17) is 10.1 Å². The van der Waals surface area contributed by atoms with E-state index >= 15 is 0 Å². The van der Waals surface area contributed by atoms with Crippen LogP contribution in [-0.4, -0.2) is 6.61 Å². The third-order valence-electron chi connectivity index (χ3n) is 3.33. The fraction of sp³-hybridized carbons (Fsp3) is 0.875. The lowest BCUT2D eigenvalue weighted by Gasteiger charge is -2.01. The molecule has 0 aliphatic heterocycles. The van der Waals surface area contributed by atoms with Gasteiger partial charge >= 0.3 is 0 Å². The lowest BCUT2D eigenvalue weighted by molar-refractivity contribution is 0.286. The molecule has 0 heterocycles. The highest BCUT2D eigenvalue weighted by atomic mass is 32.2. The van der Waals surface area contributed by atoms with Crippen molar-refractivity contribution in [3.63, 3.8) is 0 Å². The van der Waals surface area contributed by atoms with Crippen molar-refractivity contribution < 1.29 is 8.47 Å². The summed E-state index contributed by atoms with van der Waals surface area (Å²) in [5.41, 5.74) is 0. The minimum Gasteiger partial charge on any atom is -0.290 e. The SMILES string of the molecule is CCCCCC/C=C/CCCCCCCCOSON. The van der Waals surface area contributed by atoms with Gasteiger partial charge in [-0.15, -0.1) is 0 Å². The smallest absolute Gasteiger partial charge is 0.178 e. The van der Waals surface area contributed by atoms with Gasteiger partial charge < -0.3 is 0 Å². The zero-order chi connectivity index (χ0) is 14.7. The molecule has 0 aromatic rings. The first kappa shape index (κ1) is 20.0. The average molecular weight is 304 g/mol. The van der Waals surface area contributed by atoms with Crippen LogP contribution in [0.2, 0.25) is 0 Å². The Morgan fingerprint density at radius 3 is 1.95 bits per heavy atom. The van der Waals surface area contributed by atoms with Crippen molar-refractivity contribution in [2.75, 3.05) is 6.61 Å². The molecule has 0 aromatic carbocycles. The van der Waals surface area contributed by atoms with Crippen LogP contribution >= 0.6 is 12.3 Å². The number of rotatable bonds is 16. The van der Waals surface area contributed by atoms with Crippen LogP contribution in [-0.2, 0) is 8.47 Å². The molecule has 20 heavy (non-hydrogen) atoms. The van der Waals surface area contributed by atoms with E-state index in [1.54, 1.807) is 0 Å². The molecule has 2 N–H and O–H groups in total. The van der Waals surface area contributed by atoms with E-state index in [1.165, 1.54) is 70.6 Å². The Morgan fingerprint density at radius 2 is 1.35 bits per heavy atom. The Kier molecular flexibility index (Phi) is 18.9. The second-order valence-corrected chi connectivity index (χ2v) is 5.78. The number of allylic oxidation sites excluding steroid dienone is 2. The third kappa shape index (κ3) is 18.0. The quantitative estimate of drug-likeness (QED) is 0.171. The van der Waals surface area contributed by atoms with E-state index in [1.807, 2.05) is 0 Å². The minimum absolute atomic E-state index is 0.725. The van der Waals surface area contributed by atoms with Gasteiger partial charge in [0.2, 0.25) is 0 Å². The number of hydrogen-bond acceptors (Lipinski definition) is 4. The molecule has 0 saturated heterocycles. The molecule has 0 aromatic heterocycles. The van der Waals surface area contributed by atoms with E-state index < -0.39 is 0 Å². The van der Waals surface area contributed by atoms with Crippen LogP contribution in [0.25, 0.3) is 0 Å². The van der Waals surface area contributed by atoms with E-state index in [-0.39, 0.29) is 0 Å². The summed E-state index contributed by atoms with van der Waals surface area (Å²) >= 11 is 0.864. The summed E-state index contributed by atoms with van der Waals surface area (Å²) in [4.78, 5) is 0. The molecule has 0 saturated carbocycles. The van der Waals surface area contributed by atoms with Gasteiger partial charge in [-0.25, -0.2) is 4.28 Å². The van der Waals surface area contributed by atoms with Crippen LogP contribution in [0.1, 0.15) is 84.0 Å². The molecule has 120 valence electrons. The lowest BCUT2D eigenvalue weighted by Crippen LogP contribution is -1.92. The molecule has 0 aliphatic rings. The maximum atomic E-state index is 5.05. The minimum atomic E-state index is 0.725. The number of unbranched alkanes of at least 4 members (excludes halogenated alkanes) is 10. The fourth-order valence-corrected chi connectivity index (χ4v) is 2.36. The lowest BCUT2D eigenvalue weighted by atomic mass is 10.1. The van der Waals surface area contributed by atoms with Crippen LogP contribution in [0, 0.1) is 0 Å². The molecule has 3 nitrogen and oxygen atoms in total. The van der Waals surface area contributed by atoms with Crippen molar-refractivity contribution in [2.24, 2.45) is 5.90 Å². The first-order chi connectivity index (χ1) is 9.91. The van der Waals surface area contributed by atoms with Crippen molar-refractivity contribution >= 4 is 12.3 Å². The second kappa shape index (κ2) is 19.0. The molecule has 0 bridgehead atoms. The van der Waals surface area contributed by atoms with Crippen molar-refractivity contribution in [1.29, 1.82) is 0 Å². The van der Waals surface area contributed by atoms with Gasteiger partial charge in [0, 0.05) is 0 Å². The van der Waals surface area contributed by atoms with E-state index in [0.29, 0.717) is 0 Å². The second-order valence-electron chi connectivity index (χ2n) is 5.22. The molecule has 0 unspecified atom stereocenters. The molecule has 0 spiro atoms. The Balaban J connectivity index is 3.00. The summed E-state index contributed by atoms with van der Waals surface area (Å²) in [5, 5.41) is 0. The molecule has 4 heteroatoms. The van der Waals surface area contributed by atoms with E-state index in [2.05, 4.69) is 23.4 Å².